The van der Waals surface area contributed by atoms with Crippen LogP contribution in [0.5, 0.6) is 0 Å². The maximum atomic E-state index is 13.6. The molecule has 1 N–H and O–H groups in total. The summed E-state index contributed by atoms with van der Waals surface area (Å²) in [6, 6.07) is 10.9. The summed E-state index contributed by atoms with van der Waals surface area (Å²) in [5.74, 6) is -2.27. The predicted octanol–water partition coefficient (Wildman–Crippen LogP) is 3.59. The molecule has 0 heterocycles. The van der Waals surface area contributed by atoms with E-state index in [9.17, 15) is 13.6 Å². The summed E-state index contributed by atoms with van der Waals surface area (Å²) in [4.78, 5) is 11.2. The van der Waals surface area contributed by atoms with Gasteiger partial charge in [0.2, 0.25) is 0 Å². The van der Waals surface area contributed by atoms with Crippen molar-refractivity contribution in [2.75, 3.05) is 0 Å². The Morgan fingerprint density at radius 2 is 1.63 bits per heavy atom. The molecule has 0 aliphatic rings. The first-order valence-corrected chi connectivity index (χ1v) is 5.53. The molecule has 2 aromatic rings. The van der Waals surface area contributed by atoms with Gasteiger partial charge < -0.3 is 5.11 Å². The summed E-state index contributed by atoms with van der Waals surface area (Å²) in [7, 11) is 0. The van der Waals surface area contributed by atoms with Crippen LogP contribution >= 0.6 is 0 Å². The maximum absolute atomic E-state index is 13.6. The lowest BCUT2D eigenvalue weighted by atomic mass is 10.0. The van der Waals surface area contributed by atoms with Gasteiger partial charge in [-0.15, -0.1) is 0 Å². The number of aliphatic carboxylic acids is 1. The molecule has 0 aliphatic carbocycles. The SMILES string of the molecule is O=C(O)/C(=C/c1ccc(F)cc1)c1ccccc1F. The highest BCUT2D eigenvalue weighted by Crippen LogP contribution is 2.21. The molecule has 0 amide bonds. The van der Waals surface area contributed by atoms with Crippen LogP contribution in [0.1, 0.15) is 11.1 Å². The monoisotopic (exact) mass is 260 g/mol. The fourth-order valence-electron chi connectivity index (χ4n) is 1.66. The molecule has 0 bridgehead atoms. The van der Waals surface area contributed by atoms with E-state index < -0.39 is 17.6 Å². The zero-order valence-electron chi connectivity index (χ0n) is 9.81. The highest BCUT2D eigenvalue weighted by atomic mass is 19.1. The van der Waals surface area contributed by atoms with E-state index in [1.54, 1.807) is 6.07 Å². The largest absolute Gasteiger partial charge is 0.478 e. The Kier molecular flexibility index (Phi) is 3.71. The van der Waals surface area contributed by atoms with Crippen LogP contribution in [0.4, 0.5) is 8.78 Å². The molecule has 96 valence electrons. The third-order valence-electron chi connectivity index (χ3n) is 2.58. The normalized spacial score (nSPS) is 11.4. The standard InChI is InChI=1S/C15H10F2O2/c16-11-7-5-10(6-8-11)9-13(15(18)19)12-3-1-2-4-14(12)17/h1-9H,(H,18,19)/b13-9+. The first kappa shape index (κ1) is 13.0. The summed E-state index contributed by atoms with van der Waals surface area (Å²) in [6.07, 6.45) is 1.31. The summed E-state index contributed by atoms with van der Waals surface area (Å²) in [5, 5.41) is 9.16. The van der Waals surface area contributed by atoms with Crippen molar-refractivity contribution in [2.24, 2.45) is 0 Å². The molecule has 0 unspecified atom stereocenters. The van der Waals surface area contributed by atoms with Crippen molar-refractivity contribution < 1.29 is 18.7 Å². The lowest BCUT2D eigenvalue weighted by Crippen LogP contribution is -2.01. The molecule has 0 spiro atoms. The van der Waals surface area contributed by atoms with Gasteiger partial charge in [0.1, 0.15) is 11.6 Å². The zero-order chi connectivity index (χ0) is 13.8. The fraction of sp³-hybridized carbons (Fsp3) is 0. The molecule has 0 aliphatic heterocycles. The average molecular weight is 260 g/mol. The predicted molar refractivity (Wildman–Crippen MR) is 68.3 cm³/mol. The zero-order valence-corrected chi connectivity index (χ0v) is 9.81. The second-order valence-corrected chi connectivity index (χ2v) is 3.89. The Bertz CT molecular complexity index is 631. The van der Waals surface area contributed by atoms with Crippen molar-refractivity contribution >= 4 is 17.6 Å². The van der Waals surface area contributed by atoms with Crippen LogP contribution < -0.4 is 0 Å². The fourth-order valence-corrected chi connectivity index (χ4v) is 1.66. The molecule has 2 nitrogen and oxygen atoms in total. The minimum atomic E-state index is -1.24. The van der Waals surface area contributed by atoms with E-state index in [2.05, 4.69) is 0 Å². The smallest absolute Gasteiger partial charge is 0.336 e. The molecule has 0 radical (unpaired) electrons. The van der Waals surface area contributed by atoms with Gasteiger partial charge in [-0.3, -0.25) is 0 Å². The summed E-state index contributed by atoms with van der Waals surface area (Å²) in [6.45, 7) is 0. The molecular formula is C15H10F2O2. The molecule has 0 aromatic heterocycles. The summed E-state index contributed by atoms with van der Waals surface area (Å²) < 4.78 is 26.4. The van der Waals surface area contributed by atoms with Crippen LogP contribution in [0.3, 0.4) is 0 Å². The van der Waals surface area contributed by atoms with Gasteiger partial charge in [0.05, 0.1) is 5.57 Å². The van der Waals surface area contributed by atoms with Crippen LogP contribution in [0, 0.1) is 11.6 Å². The second-order valence-electron chi connectivity index (χ2n) is 3.89. The number of carbonyl (C=O) groups is 1. The molecule has 0 saturated carbocycles. The topological polar surface area (TPSA) is 37.3 Å². The molecule has 0 saturated heterocycles. The van der Waals surface area contributed by atoms with Gasteiger partial charge in [0, 0.05) is 5.56 Å². The highest BCUT2D eigenvalue weighted by Gasteiger charge is 2.14. The Hall–Kier alpha value is -2.49. The number of carboxylic acid groups (broad SMARTS) is 1. The van der Waals surface area contributed by atoms with Crippen molar-refractivity contribution in [3.8, 4) is 0 Å². The summed E-state index contributed by atoms with van der Waals surface area (Å²) in [5.41, 5.74) is 0.311. The Morgan fingerprint density at radius 1 is 1.00 bits per heavy atom. The van der Waals surface area contributed by atoms with Gasteiger partial charge in [-0.05, 0) is 29.8 Å². The van der Waals surface area contributed by atoms with E-state index >= 15 is 0 Å². The molecule has 0 fully saturated rings. The molecule has 0 atom stereocenters. The molecular weight excluding hydrogens is 250 g/mol. The lowest BCUT2D eigenvalue weighted by molar-refractivity contribution is -0.130. The Balaban J connectivity index is 2.50. The molecule has 4 heteroatoms. The van der Waals surface area contributed by atoms with Crippen molar-refractivity contribution in [1.29, 1.82) is 0 Å². The van der Waals surface area contributed by atoms with Crippen LogP contribution in [0.15, 0.2) is 48.5 Å². The van der Waals surface area contributed by atoms with Crippen molar-refractivity contribution in [1.82, 2.24) is 0 Å². The third-order valence-corrected chi connectivity index (χ3v) is 2.58. The van der Waals surface area contributed by atoms with E-state index in [4.69, 9.17) is 5.11 Å². The lowest BCUT2D eigenvalue weighted by Gasteiger charge is -2.04. The minimum absolute atomic E-state index is 0.000625. The number of hydrogen-bond acceptors (Lipinski definition) is 1. The van der Waals surface area contributed by atoms with Gasteiger partial charge >= 0.3 is 5.97 Å². The van der Waals surface area contributed by atoms with Crippen LogP contribution in [-0.4, -0.2) is 11.1 Å². The van der Waals surface area contributed by atoms with Crippen molar-refractivity contribution in [3.05, 3.63) is 71.3 Å². The van der Waals surface area contributed by atoms with Gasteiger partial charge in [-0.1, -0.05) is 30.3 Å². The number of halogens is 2. The van der Waals surface area contributed by atoms with Crippen molar-refractivity contribution in [2.45, 2.75) is 0 Å². The first-order valence-electron chi connectivity index (χ1n) is 5.53. The molecule has 2 rings (SSSR count). The van der Waals surface area contributed by atoms with Crippen LogP contribution in [-0.2, 0) is 4.79 Å². The summed E-state index contributed by atoms with van der Waals surface area (Å²) >= 11 is 0. The van der Waals surface area contributed by atoms with E-state index in [0.29, 0.717) is 5.56 Å². The second kappa shape index (κ2) is 5.44. The Morgan fingerprint density at radius 3 is 2.21 bits per heavy atom. The van der Waals surface area contributed by atoms with Crippen LogP contribution in [0.2, 0.25) is 0 Å². The number of carboxylic acids is 1. The highest BCUT2D eigenvalue weighted by molar-refractivity contribution is 6.20. The van der Waals surface area contributed by atoms with Gasteiger partial charge in [0.25, 0.3) is 0 Å². The van der Waals surface area contributed by atoms with Gasteiger partial charge in [-0.2, -0.15) is 0 Å². The van der Waals surface area contributed by atoms with E-state index in [1.807, 2.05) is 0 Å². The first-order chi connectivity index (χ1) is 9.08. The van der Waals surface area contributed by atoms with Gasteiger partial charge in [0.15, 0.2) is 0 Å². The van der Waals surface area contributed by atoms with Crippen molar-refractivity contribution in [3.63, 3.8) is 0 Å². The van der Waals surface area contributed by atoms with Crippen LogP contribution in [0.25, 0.3) is 11.6 Å². The minimum Gasteiger partial charge on any atom is -0.478 e. The van der Waals surface area contributed by atoms with E-state index in [1.165, 1.54) is 48.5 Å². The third kappa shape index (κ3) is 3.04. The molecule has 19 heavy (non-hydrogen) atoms. The van der Waals surface area contributed by atoms with Gasteiger partial charge in [-0.25, -0.2) is 13.6 Å². The van der Waals surface area contributed by atoms with E-state index in [0.717, 1.165) is 0 Å². The van der Waals surface area contributed by atoms with E-state index in [-0.39, 0.29) is 11.1 Å². The molecule has 2 aromatic carbocycles. The number of hydrogen-bond donors (Lipinski definition) is 1. The maximum Gasteiger partial charge on any atom is 0.336 e. The number of benzene rings is 2. The Labute approximate surface area is 108 Å². The average Bonchev–Trinajstić information content (AvgIpc) is 2.39. The number of rotatable bonds is 3. The quantitative estimate of drug-likeness (QED) is 0.676.